The number of fused-ring (bicyclic) bond motifs is 1. The Morgan fingerprint density at radius 2 is 2.05 bits per heavy atom. The summed E-state index contributed by atoms with van der Waals surface area (Å²) in [7, 11) is 0. The Balaban J connectivity index is 1.81. The van der Waals surface area contributed by atoms with Gasteiger partial charge in [-0.15, -0.1) is 10.2 Å². The number of nitrogens with zero attached hydrogens (tertiary/aromatic N) is 5. The van der Waals surface area contributed by atoms with E-state index in [1.54, 1.807) is 0 Å². The maximum absolute atomic E-state index is 4.67. The largest absolute Gasteiger partial charge is 0.277 e. The molecule has 22 heavy (non-hydrogen) atoms. The monoisotopic (exact) mass is 310 g/mol. The number of aromatic amines is 1. The van der Waals surface area contributed by atoms with Crippen LogP contribution in [0.2, 0.25) is 0 Å². The second-order valence-corrected chi connectivity index (χ2v) is 5.95. The topological polar surface area (TPSA) is 71.8 Å². The smallest absolute Gasteiger partial charge is 0.234 e. The maximum atomic E-state index is 4.67. The summed E-state index contributed by atoms with van der Waals surface area (Å²) in [5.41, 5.74) is 3.06. The molecular formula is C15H14N6S. The minimum absolute atomic E-state index is 0.818. The van der Waals surface area contributed by atoms with Crippen LogP contribution in [0.1, 0.15) is 19.2 Å². The van der Waals surface area contributed by atoms with Gasteiger partial charge in [0.2, 0.25) is 4.96 Å². The molecule has 7 heteroatoms. The molecule has 0 bridgehead atoms. The van der Waals surface area contributed by atoms with Crippen LogP contribution in [0.15, 0.2) is 36.5 Å². The number of H-pyrrole nitrogens is 1. The third-order valence-electron chi connectivity index (χ3n) is 3.46. The summed E-state index contributed by atoms with van der Waals surface area (Å²) in [4.78, 5) is 0.818. The van der Waals surface area contributed by atoms with E-state index in [4.69, 9.17) is 0 Å². The molecule has 0 atom stereocenters. The lowest BCUT2D eigenvalue weighted by atomic mass is 10.1. The van der Waals surface area contributed by atoms with Crippen molar-refractivity contribution in [1.29, 1.82) is 0 Å². The lowest BCUT2D eigenvalue weighted by Gasteiger charge is -1.99. The predicted octanol–water partition coefficient (Wildman–Crippen LogP) is 3.20. The first-order valence-corrected chi connectivity index (χ1v) is 7.98. The second kappa shape index (κ2) is 5.34. The second-order valence-electron chi connectivity index (χ2n) is 4.99. The van der Waals surface area contributed by atoms with Crippen molar-refractivity contribution in [3.05, 3.63) is 42.4 Å². The zero-order valence-electron chi connectivity index (χ0n) is 12.0. The van der Waals surface area contributed by atoms with Crippen molar-refractivity contribution < 1.29 is 0 Å². The van der Waals surface area contributed by atoms with E-state index >= 15 is 0 Å². The van der Waals surface area contributed by atoms with E-state index in [2.05, 4.69) is 44.5 Å². The molecule has 6 nitrogen and oxygen atoms in total. The van der Waals surface area contributed by atoms with Gasteiger partial charge in [-0.3, -0.25) is 5.10 Å². The molecule has 0 amide bonds. The molecular weight excluding hydrogens is 296 g/mol. The number of hydrogen-bond acceptors (Lipinski definition) is 5. The summed E-state index contributed by atoms with van der Waals surface area (Å²) in [6.45, 7) is 2.12. The molecule has 0 aliphatic carbocycles. The van der Waals surface area contributed by atoms with Crippen molar-refractivity contribution in [2.45, 2.75) is 19.8 Å². The number of rotatable bonds is 4. The minimum Gasteiger partial charge on any atom is -0.277 e. The van der Waals surface area contributed by atoms with Crippen molar-refractivity contribution >= 4 is 16.3 Å². The lowest BCUT2D eigenvalue weighted by molar-refractivity contribution is 0.778. The number of hydrogen-bond donors (Lipinski definition) is 1. The van der Waals surface area contributed by atoms with Gasteiger partial charge >= 0.3 is 0 Å². The highest BCUT2D eigenvalue weighted by atomic mass is 32.1. The van der Waals surface area contributed by atoms with Crippen LogP contribution in [0.5, 0.6) is 0 Å². The van der Waals surface area contributed by atoms with E-state index in [1.807, 2.05) is 28.9 Å². The molecule has 0 aliphatic rings. The predicted molar refractivity (Wildman–Crippen MR) is 85.7 cm³/mol. The van der Waals surface area contributed by atoms with Gasteiger partial charge in [0.1, 0.15) is 0 Å². The van der Waals surface area contributed by atoms with Crippen LogP contribution >= 0.6 is 11.3 Å². The van der Waals surface area contributed by atoms with Crippen LogP contribution in [0.4, 0.5) is 0 Å². The van der Waals surface area contributed by atoms with E-state index in [9.17, 15) is 0 Å². The molecule has 0 unspecified atom stereocenters. The summed E-state index contributed by atoms with van der Waals surface area (Å²) in [5.74, 6) is 0.907. The molecule has 3 heterocycles. The van der Waals surface area contributed by atoms with Crippen LogP contribution in [0.3, 0.4) is 0 Å². The van der Waals surface area contributed by atoms with Crippen LogP contribution in [-0.4, -0.2) is 30.0 Å². The zero-order valence-corrected chi connectivity index (χ0v) is 12.8. The van der Waals surface area contributed by atoms with Gasteiger partial charge in [-0.2, -0.15) is 14.7 Å². The number of aromatic nitrogens is 6. The quantitative estimate of drug-likeness (QED) is 0.628. The average Bonchev–Trinajstić information content (AvgIpc) is 3.24. The van der Waals surface area contributed by atoms with Crippen molar-refractivity contribution in [2.24, 2.45) is 0 Å². The standard InChI is InChI=1S/C15H14N6S/c1-2-6-12-17-19-15-21(12)20-14(22-15)11-9-16-18-13(11)10-7-4-3-5-8-10/h3-5,7-9H,2,6H2,1H3,(H,16,18). The van der Waals surface area contributed by atoms with Gasteiger partial charge in [-0.05, 0) is 6.42 Å². The molecule has 1 N–H and O–H groups in total. The number of benzene rings is 1. The fraction of sp³-hybridized carbons (Fsp3) is 0.200. The highest BCUT2D eigenvalue weighted by molar-refractivity contribution is 7.19. The van der Waals surface area contributed by atoms with Gasteiger partial charge in [-0.25, -0.2) is 0 Å². The maximum Gasteiger partial charge on any atom is 0.234 e. The Morgan fingerprint density at radius 3 is 2.86 bits per heavy atom. The average molecular weight is 310 g/mol. The first kappa shape index (κ1) is 13.1. The minimum atomic E-state index is 0.818. The fourth-order valence-corrected chi connectivity index (χ4v) is 3.29. The highest BCUT2D eigenvalue weighted by Crippen LogP contribution is 2.32. The van der Waals surface area contributed by atoms with E-state index in [0.29, 0.717) is 0 Å². The van der Waals surface area contributed by atoms with Crippen molar-refractivity contribution in [3.63, 3.8) is 0 Å². The molecule has 4 rings (SSSR count). The summed E-state index contributed by atoms with van der Waals surface area (Å²) in [6.07, 6.45) is 3.71. The molecule has 0 saturated carbocycles. The molecule has 0 saturated heterocycles. The van der Waals surface area contributed by atoms with Gasteiger partial charge < -0.3 is 0 Å². The van der Waals surface area contributed by atoms with E-state index in [1.165, 1.54) is 11.3 Å². The van der Waals surface area contributed by atoms with E-state index in [-0.39, 0.29) is 0 Å². The van der Waals surface area contributed by atoms with Crippen LogP contribution in [0, 0.1) is 0 Å². The van der Waals surface area contributed by atoms with Gasteiger partial charge in [0.05, 0.1) is 17.5 Å². The highest BCUT2D eigenvalue weighted by Gasteiger charge is 2.17. The van der Waals surface area contributed by atoms with E-state index < -0.39 is 0 Å². The number of aryl methyl sites for hydroxylation is 1. The summed E-state index contributed by atoms with van der Waals surface area (Å²) < 4.78 is 1.84. The molecule has 3 aromatic heterocycles. The zero-order chi connectivity index (χ0) is 14.9. The molecule has 0 spiro atoms. The molecule has 110 valence electrons. The normalized spacial score (nSPS) is 11.3. The first-order valence-electron chi connectivity index (χ1n) is 7.17. The van der Waals surface area contributed by atoms with Crippen LogP contribution in [-0.2, 0) is 6.42 Å². The molecule has 1 aromatic carbocycles. The first-order chi connectivity index (χ1) is 10.9. The van der Waals surface area contributed by atoms with Crippen LogP contribution < -0.4 is 0 Å². The lowest BCUT2D eigenvalue weighted by Crippen LogP contribution is -1.95. The van der Waals surface area contributed by atoms with Crippen molar-refractivity contribution in [3.8, 4) is 21.8 Å². The van der Waals surface area contributed by atoms with Crippen molar-refractivity contribution in [1.82, 2.24) is 30.0 Å². The molecule has 0 fully saturated rings. The van der Waals surface area contributed by atoms with Gasteiger partial charge in [0.15, 0.2) is 10.8 Å². The summed E-state index contributed by atoms with van der Waals surface area (Å²) in [6, 6.07) is 10.1. The van der Waals surface area contributed by atoms with Crippen LogP contribution in [0.25, 0.3) is 26.8 Å². The molecule has 0 radical (unpaired) electrons. The van der Waals surface area contributed by atoms with Crippen molar-refractivity contribution in [2.75, 3.05) is 0 Å². The Kier molecular flexibility index (Phi) is 3.19. The van der Waals surface area contributed by atoms with Gasteiger partial charge in [0.25, 0.3) is 0 Å². The Labute approximate surface area is 130 Å². The number of nitrogens with one attached hydrogen (secondary N) is 1. The van der Waals surface area contributed by atoms with E-state index in [0.717, 1.165) is 45.5 Å². The Hall–Kier alpha value is -2.54. The summed E-state index contributed by atoms with van der Waals surface area (Å²) in [5, 5.41) is 21.2. The third kappa shape index (κ3) is 2.10. The third-order valence-corrected chi connectivity index (χ3v) is 4.39. The Bertz CT molecular complexity index is 905. The Morgan fingerprint density at radius 1 is 1.18 bits per heavy atom. The van der Waals surface area contributed by atoms with Gasteiger partial charge in [-0.1, -0.05) is 48.6 Å². The molecule has 4 aromatic rings. The SMILES string of the molecule is CCCc1nnc2sc(-c3cn[nH]c3-c3ccccc3)nn12. The molecule has 0 aliphatic heterocycles. The van der Waals surface area contributed by atoms with Gasteiger partial charge in [0, 0.05) is 12.0 Å². The summed E-state index contributed by atoms with van der Waals surface area (Å²) >= 11 is 1.53. The fourth-order valence-electron chi connectivity index (χ4n) is 2.42.